The highest BCUT2D eigenvalue weighted by Crippen LogP contribution is 2.26. The second-order valence-corrected chi connectivity index (χ2v) is 6.10. The van der Waals surface area contributed by atoms with Gasteiger partial charge in [0.05, 0.1) is 17.4 Å². The van der Waals surface area contributed by atoms with Crippen LogP contribution >= 0.6 is 11.6 Å². The van der Waals surface area contributed by atoms with Crippen molar-refractivity contribution < 1.29 is 4.79 Å². The predicted molar refractivity (Wildman–Crippen MR) is 88.6 cm³/mol. The van der Waals surface area contributed by atoms with Gasteiger partial charge in [-0.3, -0.25) is 9.69 Å². The van der Waals surface area contributed by atoms with Gasteiger partial charge in [0.1, 0.15) is 0 Å². The maximum Gasteiger partial charge on any atom is 0.241 e. The van der Waals surface area contributed by atoms with Crippen molar-refractivity contribution >= 4 is 28.9 Å². The first-order valence-electron chi connectivity index (χ1n) is 7.64. The highest BCUT2D eigenvalue weighted by atomic mass is 35.5. The van der Waals surface area contributed by atoms with Crippen molar-refractivity contribution in [1.82, 2.24) is 4.90 Å². The van der Waals surface area contributed by atoms with Crippen molar-refractivity contribution in [3.8, 4) is 0 Å². The molecule has 3 N–H and O–H groups in total. The van der Waals surface area contributed by atoms with Crippen LogP contribution in [0.2, 0.25) is 5.02 Å². The number of carbonyl (C=O) groups is 1. The zero-order chi connectivity index (χ0) is 15.4. The minimum atomic E-state index is -0.170. The van der Waals surface area contributed by atoms with Gasteiger partial charge in [-0.15, -0.1) is 0 Å². The van der Waals surface area contributed by atoms with Crippen molar-refractivity contribution in [3.05, 3.63) is 23.2 Å². The Bertz CT molecular complexity index is 500. The number of carbonyl (C=O) groups excluding carboxylic acids is 1. The van der Waals surface area contributed by atoms with Gasteiger partial charge in [0.25, 0.3) is 0 Å². The molecule has 0 radical (unpaired) electrons. The molecular weight excluding hydrogens is 286 g/mol. The molecule has 1 aromatic rings. The number of anilines is 2. The van der Waals surface area contributed by atoms with Gasteiger partial charge in [-0.2, -0.15) is 0 Å². The molecule has 1 atom stereocenters. The van der Waals surface area contributed by atoms with E-state index >= 15 is 0 Å². The molecule has 2 rings (SSSR count). The Morgan fingerprint density at radius 3 is 2.76 bits per heavy atom. The fourth-order valence-electron chi connectivity index (χ4n) is 3.11. The molecule has 1 saturated carbocycles. The van der Waals surface area contributed by atoms with Crippen molar-refractivity contribution in [3.63, 3.8) is 0 Å². The SMILES string of the molecule is CCN(C1CCCC1)C(C)C(=O)Nc1cc(Cl)ccc1N. The van der Waals surface area contributed by atoms with E-state index in [1.807, 2.05) is 6.92 Å². The number of hydrogen-bond donors (Lipinski definition) is 2. The Labute approximate surface area is 131 Å². The zero-order valence-corrected chi connectivity index (χ0v) is 13.5. The summed E-state index contributed by atoms with van der Waals surface area (Å²) in [4.78, 5) is 14.8. The van der Waals surface area contributed by atoms with Crippen molar-refractivity contribution in [1.29, 1.82) is 0 Å². The van der Waals surface area contributed by atoms with Gasteiger partial charge in [-0.25, -0.2) is 0 Å². The first-order valence-corrected chi connectivity index (χ1v) is 8.02. The number of rotatable bonds is 5. The van der Waals surface area contributed by atoms with Crippen LogP contribution in [0.25, 0.3) is 0 Å². The van der Waals surface area contributed by atoms with E-state index in [0.717, 1.165) is 6.54 Å². The largest absolute Gasteiger partial charge is 0.397 e. The number of nitrogens with zero attached hydrogens (tertiary/aromatic N) is 1. The third-order valence-corrected chi connectivity index (χ3v) is 4.54. The maximum absolute atomic E-state index is 12.5. The molecule has 0 heterocycles. The molecule has 0 bridgehead atoms. The lowest BCUT2D eigenvalue weighted by molar-refractivity contribution is -0.121. The summed E-state index contributed by atoms with van der Waals surface area (Å²) in [5.74, 6) is -0.0299. The van der Waals surface area contributed by atoms with Gasteiger partial charge in [0.15, 0.2) is 0 Å². The van der Waals surface area contributed by atoms with Gasteiger partial charge in [0.2, 0.25) is 5.91 Å². The summed E-state index contributed by atoms with van der Waals surface area (Å²) in [5.41, 5.74) is 7.00. The minimum Gasteiger partial charge on any atom is -0.397 e. The predicted octanol–water partition coefficient (Wildman–Crippen LogP) is 3.51. The summed E-state index contributed by atoms with van der Waals surface area (Å²) in [6, 6.07) is 5.46. The number of halogens is 1. The van der Waals surface area contributed by atoms with Crippen molar-refractivity contribution in [2.45, 2.75) is 51.6 Å². The standard InChI is InChI=1S/C16H24ClN3O/c1-3-20(13-6-4-5-7-13)11(2)16(21)19-15-10-12(17)8-9-14(15)18/h8-11,13H,3-7,18H2,1-2H3,(H,19,21). The second kappa shape index (κ2) is 7.14. The summed E-state index contributed by atoms with van der Waals surface area (Å²) in [5, 5.41) is 3.46. The fourth-order valence-corrected chi connectivity index (χ4v) is 3.28. The van der Waals surface area contributed by atoms with Crippen LogP contribution in [-0.4, -0.2) is 29.4 Å². The lowest BCUT2D eigenvalue weighted by Crippen LogP contribution is -2.46. The van der Waals surface area contributed by atoms with Crippen LogP contribution < -0.4 is 11.1 Å². The number of nitrogens with two attached hydrogens (primary N) is 1. The average molecular weight is 310 g/mol. The van der Waals surface area contributed by atoms with E-state index in [1.54, 1.807) is 18.2 Å². The third-order valence-electron chi connectivity index (χ3n) is 4.31. The molecule has 1 unspecified atom stereocenters. The number of nitrogens with one attached hydrogen (secondary N) is 1. The number of hydrogen-bond acceptors (Lipinski definition) is 3. The number of amides is 1. The highest BCUT2D eigenvalue weighted by molar-refractivity contribution is 6.31. The van der Waals surface area contributed by atoms with Gasteiger partial charge in [-0.1, -0.05) is 31.4 Å². The molecule has 21 heavy (non-hydrogen) atoms. The van der Waals surface area contributed by atoms with E-state index in [1.165, 1.54) is 25.7 Å². The fraction of sp³-hybridized carbons (Fsp3) is 0.562. The highest BCUT2D eigenvalue weighted by Gasteiger charge is 2.29. The van der Waals surface area contributed by atoms with Crippen LogP contribution in [0.5, 0.6) is 0 Å². The van der Waals surface area contributed by atoms with Crippen molar-refractivity contribution in [2.75, 3.05) is 17.6 Å². The molecule has 116 valence electrons. The van der Waals surface area contributed by atoms with Crippen molar-refractivity contribution in [2.24, 2.45) is 0 Å². The Balaban J connectivity index is 2.05. The topological polar surface area (TPSA) is 58.4 Å². The third kappa shape index (κ3) is 3.89. The summed E-state index contributed by atoms with van der Waals surface area (Å²) in [7, 11) is 0. The molecule has 1 fully saturated rings. The smallest absolute Gasteiger partial charge is 0.241 e. The Morgan fingerprint density at radius 2 is 2.14 bits per heavy atom. The lowest BCUT2D eigenvalue weighted by Gasteiger charge is -2.32. The first-order chi connectivity index (χ1) is 10.0. The molecule has 1 aliphatic rings. The van der Waals surface area contributed by atoms with E-state index in [4.69, 9.17) is 17.3 Å². The summed E-state index contributed by atoms with van der Waals surface area (Å²) < 4.78 is 0. The minimum absolute atomic E-state index is 0.0299. The summed E-state index contributed by atoms with van der Waals surface area (Å²) >= 11 is 5.96. The quantitative estimate of drug-likeness (QED) is 0.818. The van der Waals surface area contributed by atoms with E-state index in [9.17, 15) is 4.79 Å². The van der Waals surface area contributed by atoms with Gasteiger partial charge >= 0.3 is 0 Å². The molecule has 0 saturated heterocycles. The van der Waals surface area contributed by atoms with Gasteiger partial charge in [0, 0.05) is 11.1 Å². The molecule has 0 aliphatic heterocycles. The number of nitrogen functional groups attached to an aromatic ring is 1. The van der Waals surface area contributed by atoms with E-state index in [-0.39, 0.29) is 11.9 Å². The van der Waals surface area contributed by atoms with Crippen LogP contribution in [-0.2, 0) is 4.79 Å². The average Bonchev–Trinajstić information content (AvgIpc) is 2.97. The summed E-state index contributed by atoms with van der Waals surface area (Å²) in [6.45, 7) is 4.94. The second-order valence-electron chi connectivity index (χ2n) is 5.67. The van der Waals surface area contributed by atoms with Crippen LogP contribution in [0.4, 0.5) is 11.4 Å². The molecule has 5 heteroatoms. The normalized spacial score (nSPS) is 17.1. The number of benzene rings is 1. The molecule has 1 aliphatic carbocycles. The Kier molecular flexibility index (Phi) is 5.48. The van der Waals surface area contributed by atoms with Gasteiger partial charge in [-0.05, 0) is 44.5 Å². The lowest BCUT2D eigenvalue weighted by atomic mass is 10.1. The molecule has 0 aromatic heterocycles. The monoisotopic (exact) mass is 309 g/mol. The van der Waals surface area contributed by atoms with E-state index < -0.39 is 0 Å². The molecular formula is C16H24ClN3O. The molecule has 1 aromatic carbocycles. The Morgan fingerprint density at radius 1 is 1.48 bits per heavy atom. The summed E-state index contributed by atoms with van der Waals surface area (Å²) in [6.07, 6.45) is 4.89. The van der Waals surface area contributed by atoms with E-state index in [2.05, 4.69) is 17.1 Å². The zero-order valence-electron chi connectivity index (χ0n) is 12.7. The van der Waals surface area contributed by atoms with Crippen LogP contribution in [0, 0.1) is 0 Å². The molecule has 1 amide bonds. The molecule has 0 spiro atoms. The maximum atomic E-state index is 12.5. The van der Waals surface area contributed by atoms with E-state index in [0.29, 0.717) is 22.4 Å². The van der Waals surface area contributed by atoms with Crippen LogP contribution in [0.1, 0.15) is 39.5 Å². The number of likely N-dealkylation sites (N-methyl/N-ethyl adjacent to an activating group) is 1. The molecule has 4 nitrogen and oxygen atoms in total. The Hall–Kier alpha value is -1.26. The first kappa shape index (κ1) is 16.1. The van der Waals surface area contributed by atoms with Crippen LogP contribution in [0.3, 0.4) is 0 Å². The van der Waals surface area contributed by atoms with Gasteiger partial charge < -0.3 is 11.1 Å². The van der Waals surface area contributed by atoms with Crippen LogP contribution in [0.15, 0.2) is 18.2 Å².